The Morgan fingerprint density at radius 3 is 2.67 bits per heavy atom. The van der Waals surface area contributed by atoms with Crippen LogP contribution >= 0.6 is 11.6 Å². The van der Waals surface area contributed by atoms with Crippen molar-refractivity contribution in [1.29, 1.82) is 5.26 Å². The van der Waals surface area contributed by atoms with Crippen molar-refractivity contribution in [1.82, 2.24) is 10.2 Å². The molecule has 4 heteroatoms. The van der Waals surface area contributed by atoms with Crippen LogP contribution in [-0.2, 0) is 6.42 Å². The zero-order valence-corrected chi connectivity index (χ0v) is 7.68. The summed E-state index contributed by atoms with van der Waals surface area (Å²) in [6, 6.07) is 2.00. The van der Waals surface area contributed by atoms with Crippen molar-refractivity contribution in [2.75, 3.05) is 0 Å². The van der Waals surface area contributed by atoms with Crippen molar-refractivity contribution in [3.63, 3.8) is 0 Å². The Balaban J connectivity index is 3.36. The lowest BCUT2D eigenvalue weighted by atomic mass is 10.1. The summed E-state index contributed by atoms with van der Waals surface area (Å²) in [5.74, 6) is 0. The van der Waals surface area contributed by atoms with Gasteiger partial charge in [-0.3, -0.25) is 0 Å². The highest BCUT2D eigenvalue weighted by atomic mass is 35.5. The van der Waals surface area contributed by atoms with Crippen molar-refractivity contribution in [2.24, 2.45) is 0 Å². The number of nitriles is 1. The van der Waals surface area contributed by atoms with Crippen molar-refractivity contribution >= 4 is 11.6 Å². The lowest BCUT2D eigenvalue weighted by Crippen LogP contribution is -1.99. The molecule has 0 fully saturated rings. The lowest BCUT2D eigenvalue weighted by molar-refractivity contribution is 0.896. The van der Waals surface area contributed by atoms with Gasteiger partial charge in [0.15, 0.2) is 5.15 Å². The van der Waals surface area contributed by atoms with Gasteiger partial charge in [-0.15, -0.1) is 5.10 Å². The van der Waals surface area contributed by atoms with Gasteiger partial charge in [-0.05, 0) is 18.9 Å². The fraction of sp³-hybridized carbons (Fsp3) is 0.375. The van der Waals surface area contributed by atoms with Gasteiger partial charge in [0.05, 0.1) is 11.3 Å². The summed E-state index contributed by atoms with van der Waals surface area (Å²) in [5.41, 5.74) is 2.10. The molecule has 0 unspecified atom stereocenters. The number of aromatic nitrogens is 2. The first kappa shape index (κ1) is 8.95. The van der Waals surface area contributed by atoms with Gasteiger partial charge in [-0.1, -0.05) is 18.5 Å². The van der Waals surface area contributed by atoms with E-state index in [9.17, 15) is 0 Å². The minimum absolute atomic E-state index is 0.187. The predicted octanol–water partition coefficient (Wildman–Crippen LogP) is 1.87. The number of hydrogen-bond acceptors (Lipinski definition) is 3. The maximum atomic E-state index is 8.72. The average molecular weight is 182 g/mol. The quantitative estimate of drug-likeness (QED) is 0.665. The van der Waals surface area contributed by atoms with E-state index >= 15 is 0 Å². The first-order valence-corrected chi connectivity index (χ1v) is 4.00. The second kappa shape index (κ2) is 3.51. The molecule has 0 bridgehead atoms. The van der Waals surface area contributed by atoms with Crippen LogP contribution in [-0.4, -0.2) is 10.2 Å². The van der Waals surface area contributed by atoms with E-state index in [0.717, 1.165) is 17.7 Å². The minimum Gasteiger partial charge on any atom is -0.192 e. The summed E-state index contributed by atoms with van der Waals surface area (Å²) in [6.45, 7) is 3.80. The van der Waals surface area contributed by atoms with Crippen LogP contribution in [0.15, 0.2) is 0 Å². The van der Waals surface area contributed by atoms with Gasteiger partial charge in [-0.2, -0.15) is 10.4 Å². The summed E-state index contributed by atoms with van der Waals surface area (Å²) in [6.07, 6.45) is 0.769. The van der Waals surface area contributed by atoms with Crippen LogP contribution in [0.4, 0.5) is 0 Å². The Hall–Kier alpha value is -1.14. The van der Waals surface area contributed by atoms with Crippen molar-refractivity contribution < 1.29 is 0 Å². The summed E-state index contributed by atoms with van der Waals surface area (Å²) < 4.78 is 0. The highest BCUT2D eigenvalue weighted by Crippen LogP contribution is 2.17. The third kappa shape index (κ3) is 1.39. The molecular weight excluding hydrogens is 174 g/mol. The van der Waals surface area contributed by atoms with E-state index in [1.54, 1.807) is 0 Å². The monoisotopic (exact) mass is 181 g/mol. The molecule has 0 atom stereocenters. The number of hydrogen-bond donors (Lipinski definition) is 0. The van der Waals surface area contributed by atoms with E-state index in [4.69, 9.17) is 16.9 Å². The molecule has 0 aliphatic heterocycles. The van der Waals surface area contributed by atoms with E-state index < -0.39 is 0 Å². The van der Waals surface area contributed by atoms with Crippen LogP contribution in [0.2, 0.25) is 5.15 Å². The zero-order valence-electron chi connectivity index (χ0n) is 6.93. The van der Waals surface area contributed by atoms with Crippen LogP contribution in [0.25, 0.3) is 0 Å². The van der Waals surface area contributed by atoms with Gasteiger partial charge in [0.25, 0.3) is 0 Å². The van der Waals surface area contributed by atoms with Gasteiger partial charge < -0.3 is 0 Å². The second-order valence-corrected chi connectivity index (χ2v) is 2.76. The van der Waals surface area contributed by atoms with E-state index in [1.807, 2.05) is 19.9 Å². The Kier molecular flexibility index (Phi) is 2.61. The summed E-state index contributed by atoms with van der Waals surface area (Å²) in [7, 11) is 0. The molecule has 1 rings (SSSR count). The Bertz CT molecular complexity index is 341. The van der Waals surface area contributed by atoms with Crippen molar-refractivity contribution in [2.45, 2.75) is 20.3 Å². The maximum absolute atomic E-state index is 8.72. The number of aryl methyl sites for hydroxylation is 1. The molecule has 0 saturated heterocycles. The molecule has 0 radical (unpaired) electrons. The van der Waals surface area contributed by atoms with Crippen LogP contribution in [0, 0.1) is 18.3 Å². The van der Waals surface area contributed by atoms with E-state index in [0.29, 0.717) is 5.56 Å². The normalized spacial score (nSPS) is 9.50. The maximum Gasteiger partial charge on any atom is 0.169 e. The molecule has 62 valence electrons. The zero-order chi connectivity index (χ0) is 9.14. The van der Waals surface area contributed by atoms with Crippen LogP contribution in [0.5, 0.6) is 0 Å². The third-order valence-corrected chi connectivity index (χ3v) is 1.98. The molecule has 12 heavy (non-hydrogen) atoms. The summed E-state index contributed by atoms with van der Waals surface area (Å²) in [4.78, 5) is 0. The summed E-state index contributed by atoms with van der Waals surface area (Å²) >= 11 is 5.66. The van der Waals surface area contributed by atoms with E-state index in [2.05, 4.69) is 10.2 Å². The fourth-order valence-electron chi connectivity index (χ4n) is 0.994. The van der Waals surface area contributed by atoms with Gasteiger partial charge >= 0.3 is 0 Å². The van der Waals surface area contributed by atoms with Crippen molar-refractivity contribution in [3.05, 3.63) is 22.0 Å². The molecule has 3 nitrogen and oxygen atoms in total. The van der Waals surface area contributed by atoms with Crippen LogP contribution in [0.1, 0.15) is 23.7 Å². The molecule has 0 saturated carbocycles. The second-order valence-electron chi connectivity index (χ2n) is 2.40. The van der Waals surface area contributed by atoms with E-state index in [-0.39, 0.29) is 5.15 Å². The van der Waals surface area contributed by atoms with Crippen LogP contribution < -0.4 is 0 Å². The van der Waals surface area contributed by atoms with E-state index in [1.165, 1.54) is 0 Å². The molecular formula is C8H8ClN3. The Morgan fingerprint density at radius 2 is 2.17 bits per heavy atom. The number of rotatable bonds is 1. The molecule has 1 aromatic rings. The molecule has 0 N–H and O–H groups in total. The first-order chi connectivity index (χ1) is 5.70. The van der Waals surface area contributed by atoms with Gasteiger partial charge in [0.1, 0.15) is 6.07 Å². The largest absolute Gasteiger partial charge is 0.192 e. The minimum atomic E-state index is 0.187. The van der Waals surface area contributed by atoms with Crippen molar-refractivity contribution in [3.8, 4) is 6.07 Å². The van der Waals surface area contributed by atoms with Gasteiger partial charge in [0.2, 0.25) is 0 Å². The molecule has 0 aliphatic rings. The number of nitrogens with zero attached hydrogens (tertiary/aromatic N) is 3. The fourth-order valence-corrected chi connectivity index (χ4v) is 1.22. The molecule has 1 aromatic heterocycles. The molecule has 0 aliphatic carbocycles. The van der Waals surface area contributed by atoms with Crippen LogP contribution in [0.3, 0.4) is 0 Å². The number of halogens is 1. The Morgan fingerprint density at radius 1 is 1.50 bits per heavy atom. The molecule has 0 spiro atoms. The highest BCUT2D eigenvalue weighted by molar-refractivity contribution is 6.30. The van der Waals surface area contributed by atoms with Gasteiger partial charge in [-0.25, -0.2) is 0 Å². The standard InChI is InChI=1S/C8H8ClN3/c1-3-7-5(2)6(4-10)8(9)12-11-7/h3H2,1-2H3. The topological polar surface area (TPSA) is 49.6 Å². The highest BCUT2D eigenvalue weighted by Gasteiger charge is 2.09. The molecule has 0 aromatic carbocycles. The Labute approximate surface area is 76.0 Å². The lowest BCUT2D eigenvalue weighted by Gasteiger charge is -2.02. The average Bonchev–Trinajstić information content (AvgIpc) is 2.06. The summed E-state index contributed by atoms with van der Waals surface area (Å²) in [5, 5.41) is 16.5. The molecule has 1 heterocycles. The smallest absolute Gasteiger partial charge is 0.169 e. The third-order valence-electron chi connectivity index (χ3n) is 1.72. The first-order valence-electron chi connectivity index (χ1n) is 3.62. The SMILES string of the molecule is CCc1nnc(Cl)c(C#N)c1C. The predicted molar refractivity (Wildman–Crippen MR) is 45.9 cm³/mol. The molecule has 0 amide bonds. The van der Waals surface area contributed by atoms with Gasteiger partial charge in [0, 0.05) is 0 Å².